The zero-order chi connectivity index (χ0) is 23.1. The molecule has 1 aliphatic carbocycles. The van der Waals surface area contributed by atoms with Gasteiger partial charge in [0.1, 0.15) is 6.04 Å². The zero-order valence-electron chi connectivity index (χ0n) is 18.6. The second kappa shape index (κ2) is 12.0. The van der Waals surface area contributed by atoms with E-state index >= 15 is 0 Å². The first-order valence-electron chi connectivity index (χ1n) is 11.0. The largest absolute Gasteiger partial charge is 0.352 e. The first-order chi connectivity index (χ1) is 15.3. The minimum atomic E-state index is -0.533. The monoisotopic (exact) mass is 492 g/mol. The van der Waals surface area contributed by atoms with Gasteiger partial charge in [0.15, 0.2) is 0 Å². The van der Waals surface area contributed by atoms with Gasteiger partial charge in [0.05, 0.1) is 15.8 Å². The Labute approximate surface area is 205 Å². The number of amides is 2. The van der Waals surface area contributed by atoms with Crippen LogP contribution in [0.2, 0.25) is 10.0 Å². The Hall–Kier alpha value is -1.69. The lowest BCUT2D eigenvalue weighted by Crippen LogP contribution is -2.50. The van der Waals surface area contributed by atoms with Crippen molar-refractivity contribution in [2.75, 3.05) is 5.75 Å². The third kappa shape index (κ3) is 7.16. The van der Waals surface area contributed by atoms with Crippen molar-refractivity contribution < 1.29 is 9.59 Å². The SMILES string of the molecule is Cc1cccc(CN(C(=O)CSCc2ccc(Cl)c(Cl)c2)C(C)C(=O)NC2CCCC2)c1. The normalized spacial score (nSPS) is 14.9. The summed E-state index contributed by atoms with van der Waals surface area (Å²) in [5.41, 5.74) is 3.16. The fraction of sp³-hybridized carbons (Fsp3) is 0.440. The maximum Gasteiger partial charge on any atom is 0.242 e. The van der Waals surface area contributed by atoms with E-state index in [4.69, 9.17) is 23.2 Å². The van der Waals surface area contributed by atoms with Crippen molar-refractivity contribution in [1.82, 2.24) is 10.2 Å². The van der Waals surface area contributed by atoms with Gasteiger partial charge in [-0.05, 0) is 49.9 Å². The Morgan fingerprint density at radius 3 is 2.53 bits per heavy atom. The molecular weight excluding hydrogens is 463 g/mol. The van der Waals surface area contributed by atoms with Crippen molar-refractivity contribution in [1.29, 1.82) is 0 Å². The Morgan fingerprint density at radius 2 is 1.84 bits per heavy atom. The van der Waals surface area contributed by atoms with Crippen LogP contribution < -0.4 is 5.32 Å². The summed E-state index contributed by atoms with van der Waals surface area (Å²) in [4.78, 5) is 27.8. The fourth-order valence-corrected chi connectivity index (χ4v) is 5.13. The third-order valence-corrected chi connectivity index (χ3v) is 7.51. The lowest BCUT2D eigenvalue weighted by molar-refractivity contribution is -0.138. The van der Waals surface area contributed by atoms with Crippen LogP contribution >= 0.6 is 35.0 Å². The van der Waals surface area contributed by atoms with Gasteiger partial charge >= 0.3 is 0 Å². The van der Waals surface area contributed by atoms with E-state index in [1.54, 1.807) is 11.0 Å². The number of aryl methyl sites for hydroxylation is 1. The molecule has 0 saturated heterocycles. The number of carbonyl (C=O) groups is 2. The summed E-state index contributed by atoms with van der Waals surface area (Å²) in [5, 5.41) is 4.16. The van der Waals surface area contributed by atoms with Crippen LogP contribution in [-0.2, 0) is 21.9 Å². The predicted octanol–water partition coefficient (Wildman–Crippen LogP) is 6.01. The summed E-state index contributed by atoms with van der Waals surface area (Å²) in [6.07, 6.45) is 4.33. The van der Waals surface area contributed by atoms with Gasteiger partial charge in [-0.1, -0.05) is 71.9 Å². The molecule has 0 aliphatic heterocycles. The molecule has 7 heteroatoms. The molecule has 1 aliphatic rings. The molecule has 1 N–H and O–H groups in total. The molecule has 2 amide bonds. The summed E-state index contributed by atoms with van der Waals surface area (Å²) in [6.45, 7) is 4.26. The molecule has 172 valence electrons. The van der Waals surface area contributed by atoms with E-state index < -0.39 is 6.04 Å². The lowest BCUT2D eigenvalue weighted by atomic mass is 10.1. The molecule has 32 heavy (non-hydrogen) atoms. The Balaban J connectivity index is 1.66. The van der Waals surface area contributed by atoms with Gasteiger partial charge in [-0.2, -0.15) is 0 Å². The smallest absolute Gasteiger partial charge is 0.242 e. The highest BCUT2D eigenvalue weighted by molar-refractivity contribution is 7.99. The summed E-state index contributed by atoms with van der Waals surface area (Å²) in [6, 6.07) is 13.3. The van der Waals surface area contributed by atoms with Crippen molar-refractivity contribution in [2.24, 2.45) is 0 Å². The van der Waals surface area contributed by atoms with Gasteiger partial charge in [-0.15, -0.1) is 11.8 Å². The number of nitrogens with zero attached hydrogens (tertiary/aromatic N) is 1. The van der Waals surface area contributed by atoms with E-state index in [0.717, 1.165) is 42.4 Å². The molecule has 4 nitrogen and oxygen atoms in total. The van der Waals surface area contributed by atoms with Crippen LogP contribution in [0.4, 0.5) is 0 Å². The summed E-state index contributed by atoms with van der Waals surface area (Å²) in [5.74, 6) is 0.800. The fourth-order valence-electron chi connectivity index (χ4n) is 3.95. The van der Waals surface area contributed by atoms with E-state index in [9.17, 15) is 9.59 Å². The molecule has 1 unspecified atom stereocenters. The molecular formula is C25H30Cl2N2O2S. The first-order valence-corrected chi connectivity index (χ1v) is 12.9. The van der Waals surface area contributed by atoms with Crippen LogP contribution in [0.1, 0.15) is 49.3 Å². The Kier molecular flexibility index (Phi) is 9.33. The van der Waals surface area contributed by atoms with Gasteiger partial charge in [0.25, 0.3) is 0 Å². The minimum Gasteiger partial charge on any atom is -0.352 e. The highest BCUT2D eigenvalue weighted by Crippen LogP contribution is 2.25. The summed E-state index contributed by atoms with van der Waals surface area (Å²) >= 11 is 13.6. The number of thioether (sulfide) groups is 1. The lowest BCUT2D eigenvalue weighted by Gasteiger charge is -2.30. The molecule has 0 aromatic heterocycles. The van der Waals surface area contributed by atoms with Crippen molar-refractivity contribution in [3.05, 3.63) is 69.2 Å². The maximum absolute atomic E-state index is 13.2. The molecule has 2 aromatic carbocycles. The molecule has 3 rings (SSSR count). The number of hydrogen-bond acceptors (Lipinski definition) is 3. The Bertz CT molecular complexity index is 947. The average molecular weight is 494 g/mol. The van der Waals surface area contributed by atoms with Crippen LogP contribution in [0, 0.1) is 6.92 Å². The van der Waals surface area contributed by atoms with Crippen molar-refractivity contribution >= 4 is 46.8 Å². The molecule has 0 spiro atoms. The van der Waals surface area contributed by atoms with Gasteiger partial charge in [0.2, 0.25) is 11.8 Å². The van der Waals surface area contributed by atoms with Crippen LogP contribution in [0.15, 0.2) is 42.5 Å². The zero-order valence-corrected chi connectivity index (χ0v) is 20.9. The average Bonchev–Trinajstić information content (AvgIpc) is 3.27. The molecule has 1 saturated carbocycles. The van der Waals surface area contributed by atoms with Gasteiger partial charge in [-0.3, -0.25) is 9.59 Å². The maximum atomic E-state index is 13.2. The number of halogens is 2. The summed E-state index contributed by atoms with van der Waals surface area (Å²) < 4.78 is 0. The van der Waals surface area contributed by atoms with Crippen molar-refractivity contribution in [2.45, 2.75) is 63.9 Å². The van der Waals surface area contributed by atoms with E-state index in [1.807, 2.05) is 44.2 Å². The summed E-state index contributed by atoms with van der Waals surface area (Å²) in [7, 11) is 0. The number of carbonyl (C=O) groups excluding carboxylic acids is 2. The van der Waals surface area contributed by atoms with Gasteiger partial charge in [0, 0.05) is 18.3 Å². The highest BCUT2D eigenvalue weighted by Gasteiger charge is 2.28. The van der Waals surface area contributed by atoms with E-state index in [0.29, 0.717) is 22.3 Å². The van der Waals surface area contributed by atoms with Gasteiger partial charge < -0.3 is 10.2 Å². The molecule has 1 fully saturated rings. The van der Waals surface area contributed by atoms with E-state index in [2.05, 4.69) is 11.4 Å². The van der Waals surface area contributed by atoms with Crippen molar-refractivity contribution in [3.63, 3.8) is 0 Å². The standard InChI is InChI=1S/C25H30Cl2N2O2S/c1-17-6-5-7-19(12-17)14-29(18(2)25(31)28-21-8-3-4-9-21)24(30)16-32-15-20-10-11-22(26)23(27)13-20/h5-7,10-13,18,21H,3-4,8-9,14-16H2,1-2H3,(H,28,31). The predicted molar refractivity (Wildman–Crippen MR) is 134 cm³/mol. The highest BCUT2D eigenvalue weighted by atomic mass is 35.5. The van der Waals surface area contributed by atoms with Crippen LogP contribution in [-0.4, -0.2) is 34.6 Å². The van der Waals surface area contributed by atoms with E-state index in [1.165, 1.54) is 11.8 Å². The molecule has 2 aromatic rings. The number of benzene rings is 2. The molecule has 1 atom stereocenters. The molecule has 0 heterocycles. The van der Waals surface area contributed by atoms with Crippen molar-refractivity contribution in [3.8, 4) is 0 Å². The molecule has 0 bridgehead atoms. The number of rotatable bonds is 9. The Morgan fingerprint density at radius 1 is 1.09 bits per heavy atom. The van der Waals surface area contributed by atoms with Gasteiger partial charge in [-0.25, -0.2) is 0 Å². The van der Waals surface area contributed by atoms with Crippen LogP contribution in [0.3, 0.4) is 0 Å². The first kappa shape index (κ1) is 24.9. The van der Waals surface area contributed by atoms with Crippen LogP contribution in [0.5, 0.6) is 0 Å². The number of nitrogens with one attached hydrogen (secondary N) is 1. The third-order valence-electron chi connectivity index (χ3n) is 5.78. The minimum absolute atomic E-state index is 0.0503. The van der Waals surface area contributed by atoms with Crippen LogP contribution in [0.25, 0.3) is 0 Å². The topological polar surface area (TPSA) is 49.4 Å². The van der Waals surface area contributed by atoms with E-state index in [-0.39, 0.29) is 23.6 Å². The quantitative estimate of drug-likeness (QED) is 0.466. The second-order valence-corrected chi connectivity index (χ2v) is 10.2. The molecule has 0 radical (unpaired) electrons. The second-order valence-electron chi connectivity index (χ2n) is 8.42. The number of hydrogen-bond donors (Lipinski definition) is 1.